The van der Waals surface area contributed by atoms with Crippen molar-refractivity contribution in [3.05, 3.63) is 23.9 Å². The van der Waals surface area contributed by atoms with Crippen LogP contribution in [-0.4, -0.2) is 67.1 Å². The Kier molecular flexibility index (Phi) is 5.34. The van der Waals surface area contributed by atoms with Crippen molar-refractivity contribution >= 4 is 5.82 Å². The van der Waals surface area contributed by atoms with Gasteiger partial charge in [0.2, 0.25) is 0 Å². The van der Waals surface area contributed by atoms with Crippen LogP contribution in [0, 0.1) is 0 Å². The minimum Gasteiger partial charge on any atom is -0.384 e. The summed E-state index contributed by atoms with van der Waals surface area (Å²) in [5.41, 5.74) is 7.04. The Bertz CT molecular complexity index is 422. The van der Waals surface area contributed by atoms with Gasteiger partial charge in [-0.25, -0.2) is 4.98 Å². The number of anilines is 1. The Hall–Kier alpha value is -1.17. The fourth-order valence-corrected chi connectivity index (χ4v) is 2.96. The van der Waals surface area contributed by atoms with Gasteiger partial charge in [-0.3, -0.25) is 4.90 Å². The van der Waals surface area contributed by atoms with Gasteiger partial charge >= 0.3 is 0 Å². The molecule has 1 saturated heterocycles. The number of rotatable bonds is 5. The zero-order valence-electron chi connectivity index (χ0n) is 12.8. The van der Waals surface area contributed by atoms with Crippen molar-refractivity contribution in [2.24, 2.45) is 0 Å². The summed E-state index contributed by atoms with van der Waals surface area (Å²) in [7, 11) is 4.43. The highest BCUT2D eigenvalue weighted by Gasteiger charge is 2.29. The van der Waals surface area contributed by atoms with Crippen molar-refractivity contribution in [3.8, 4) is 0 Å². The average Bonchev–Trinajstić information content (AvgIpc) is 2.41. The average molecular weight is 277 g/mol. The van der Waals surface area contributed by atoms with E-state index in [0.717, 1.165) is 32.6 Å². The number of nitrogen functional groups attached to an aromatic ring is 1. The van der Waals surface area contributed by atoms with Crippen LogP contribution in [0.1, 0.15) is 12.5 Å². The van der Waals surface area contributed by atoms with Crippen molar-refractivity contribution in [2.45, 2.75) is 25.4 Å². The minimum absolute atomic E-state index is 0.439. The van der Waals surface area contributed by atoms with E-state index in [9.17, 15) is 0 Å². The zero-order valence-corrected chi connectivity index (χ0v) is 12.8. The summed E-state index contributed by atoms with van der Waals surface area (Å²) in [5, 5.41) is 3.64. The fraction of sp³-hybridized carbons (Fsp3) is 0.667. The molecule has 1 aliphatic rings. The lowest BCUT2D eigenvalue weighted by Gasteiger charge is -2.42. The van der Waals surface area contributed by atoms with Gasteiger partial charge in [0, 0.05) is 37.9 Å². The first kappa shape index (κ1) is 15.2. The number of piperazine rings is 1. The monoisotopic (exact) mass is 277 g/mol. The van der Waals surface area contributed by atoms with E-state index in [-0.39, 0.29) is 0 Å². The van der Waals surface area contributed by atoms with E-state index >= 15 is 0 Å². The molecular weight excluding hydrogens is 250 g/mol. The number of hydrogen-bond acceptors (Lipinski definition) is 5. The molecule has 0 saturated carbocycles. The van der Waals surface area contributed by atoms with Gasteiger partial charge in [0.1, 0.15) is 5.82 Å². The molecule has 2 unspecified atom stereocenters. The molecule has 2 rings (SSSR count). The van der Waals surface area contributed by atoms with Crippen LogP contribution in [-0.2, 0) is 6.42 Å². The first-order valence-electron chi connectivity index (χ1n) is 7.42. The Morgan fingerprint density at radius 3 is 2.95 bits per heavy atom. The molecular formula is C15H27N5. The highest BCUT2D eigenvalue weighted by molar-refractivity contribution is 5.32. The summed E-state index contributed by atoms with van der Waals surface area (Å²) < 4.78 is 0. The second kappa shape index (κ2) is 7.02. The molecule has 0 amide bonds. The summed E-state index contributed by atoms with van der Waals surface area (Å²) in [6.07, 6.45) is 2.79. The standard InChI is InChI=1S/C15H27N5/c1-4-17-13(9-12-5-6-18-15(16)10-12)14-11-19(2)7-8-20(14)3/h5-6,10,13-14,17H,4,7-9,11H2,1-3H3,(H2,16,18). The Balaban J connectivity index is 2.09. The van der Waals surface area contributed by atoms with Gasteiger partial charge in [0.05, 0.1) is 0 Å². The third-order valence-electron chi connectivity index (χ3n) is 4.13. The lowest BCUT2D eigenvalue weighted by Crippen LogP contribution is -2.59. The number of hydrogen-bond donors (Lipinski definition) is 2. The predicted molar refractivity (Wildman–Crippen MR) is 83.7 cm³/mol. The maximum atomic E-state index is 5.79. The van der Waals surface area contributed by atoms with Gasteiger partial charge < -0.3 is 16.0 Å². The summed E-state index contributed by atoms with van der Waals surface area (Å²) >= 11 is 0. The first-order chi connectivity index (χ1) is 9.60. The van der Waals surface area contributed by atoms with E-state index in [0.29, 0.717) is 17.9 Å². The lowest BCUT2D eigenvalue weighted by molar-refractivity contribution is 0.0881. The third-order valence-corrected chi connectivity index (χ3v) is 4.13. The number of likely N-dealkylation sites (N-methyl/N-ethyl adjacent to an activating group) is 3. The Morgan fingerprint density at radius 2 is 2.25 bits per heavy atom. The van der Waals surface area contributed by atoms with Crippen molar-refractivity contribution in [3.63, 3.8) is 0 Å². The van der Waals surface area contributed by atoms with Crippen molar-refractivity contribution < 1.29 is 0 Å². The van der Waals surface area contributed by atoms with Crippen LogP contribution in [0.25, 0.3) is 0 Å². The third kappa shape index (κ3) is 3.91. The Labute approximate surface area is 122 Å². The highest BCUT2D eigenvalue weighted by Crippen LogP contribution is 2.15. The molecule has 1 aliphatic heterocycles. The van der Waals surface area contributed by atoms with Gasteiger partial charge in [-0.2, -0.15) is 0 Å². The summed E-state index contributed by atoms with van der Waals surface area (Å²) in [6.45, 7) is 6.53. The molecule has 1 aromatic heterocycles. The first-order valence-corrected chi connectivity index (χ1v) is 7.42. The topological polar surface area (TPSA) is 57.4 Å². The number of nitrogens with one attached hydrogen (secondary N) is 1. The van der Waals surface area contributed by atoms with E-state index in [1.165, 1.54) is 5.56 Å². The normalized spacial score (nSPS) is 22.9. The van der Waals surface area contributed by atoms with Gasteiger partial charge in [0.25, 0.3) is 0 Å². The number of aromatic nitrogens is 1. The fourth-order valence-electron chi connectivity index (χ4n) is 2.96. The molecule has 2 heterocycles. The van der Waals surface area contributed by atoms with Crippen molar-refractivity contribution in [1.82, 2.24) is 20.1 Å². The van der Waals surface area contributed by atoms with Crippen LogP contribution in [0.4, 0.5) is 5.82 Å². The molecule has 0 bridgehead atoms. The smallest absolute Gasteiger partial charge is 0.123 e. The van der Waals surface area contributed by atoms with Gasteiger partial charge in [-0.15, -0.1) is 0 Å². The minimum atomic E-state index is 0.439. The number of pyridine rings is 1. The van der Waals surface area contributed by atoms with E-state index in [1.807, 2.05) is 6.07 Å². The van der Waals surface area contributed by atoms with E-state index in [2.05, 4.69) is 47.2 Å². The molecule has 112 valence electrons. The molecule has 1 fully saturated rings. The molecule has 2 atom stereocenters. The maximum Gasteiger partial charge on any atom is 0.123 e. The quantitative estimate of drug-likeness (QED) is 0.817. The summed E-state index contributed by atoms with van der Waals surface area (Å²) in [6, 6.07) is 5.02. The maximum absolute atomic E-state index is 5.79. The lowest BCUT2D eigenvalue weighted by atomic mass is 9.97. The molecule has 5 nitrogen and oxygen atoms in total. The van der Waals surface area contributed by atoms with Gasteiger partial charge in [-0.05, 0) is 44.8 Å². The molecule has 1 aromatic rings. The van der Waals surface area contributed by atoms with Crippen LogP contribution in [0.2, 0.25) is 0 Å². The SMILES string of the molecule is CCNC(Cc1ccnc(N)c1)C1CN(C)CCN1C. The molecule has 0 aromatic carbocycles. The number of nitrogens with two attached hydrogens (primary N) is 1. The molecule has 3 N–H and O–H groups in total. The highest BCUT2D eigenvalue weighted by atomic mass is 15.3. The van der Waals surface area contributed by atoms with Crippen molar-refractivity contribution in [1.29, 1.82) is 0 Å². The summed E-state index contributed by atoms with van der Waals surface area (Å²) in [4.78, 5) is 8.95. The molecule has 20 heavy (non-hydrogen) atoms. The van der Waals surface area contributed by atoms with Gasteiger partial charge in [0.15, 0.2) is 0 Å². The van der Waals surface area contributed by atoms with Crippen LogP contribution in [0.3, 0.4) is 0 Å². The van der Waals surface area contributed by atoms with E-state index in [1.54, 1.807) is 6.20 Å². The molecule has 0 spiro atoms. The second-order valence-electron chi connectivity index (χ2n) is 5.77. The van der Waals surface area contributed by atoms with Crippen LogP contribution in [0.15, 0.2) is 18.3 Å². The molecule has 0 aliphatic carbocycles. The van der Waals surface area contributed by atoms with Crippen molar-refractivity contribution in [2.75, 3.05) is 46.0 Å². The molecule has 5 heteroatoms. The molecule has 0 radical (unpaired) electrons. The largest absolute Gasteiger partial charge is 0.384 e. The zero-order chi connectivity index (χ0) is 14.5. The van der Waals surface area contributed by atoms with Gasteiger partial charge in [-0.1, -0.05) is 6.92 Å². The van der Waals surface area contributed by atoms with Crippen LogP contribution in [0.5, 0.6) is 0 Å². The van der Waals surface area contributed by atoms with Crippen LogP contribution >= 0.6 is 0 Å². The summed E-state index contributed by atoms with van der Waals surface area (Å²) in [5.74, 6) is 0.604. The predicted octanol–water partition coefficient (Wildman–Crippen LogP) is 0.430. The second-order valence-corrected chi connectivity index (χ2v) is 5.77. The Morgan fingerprint density at radius 1 is 1.45 bits per heavy atom. The number of nitrogens with zero attached hydrogens (tertiary/aromatic N) is 3. The van der Waals surface area contributed by atoms with E-state index < -0.39 is 0 Å². The van der Waals surface area contributed by atoms with Crippen LogP contribution < -0.4 is 11.1 Å². The van der Waals surface area contributed by atoms with E-state index in [4.69, 9.17) is 5.73 Å².